The number of aromatic nitrogens is 4. The fraction of sp³-hybridized carbons (Fsp3) is 0.381. The summed E-state index contributed by atoms with van der Waals surface area (Å²) >= 11 is 6.13. The minimum Gasteiger partial charge on any atom is -0.290 e. The fourth-order valence-corrected chi connectivity index (χ4v) is 3.86. The number of likely N-dealkylation sites (tertiary alicyclic amines) is 1. The summed E-state index contributed by atoms with van der Waals surface area (Å²) in [4.78, 5) is 2.50. The van der Waals surface area contributed by atoms with Gasteiger partial charge in [0.05, 0.1) is 12.6 Å². The number of halogens is 1. The van der Waals surface area contributed by atoms with E-state index in [-0.39, 0.29) is 6.04 Å². The summed E-state index contributed by atoms with van der Waals surface area (Å²) in [6, 6.07) is 18.4. The van der Waals surface area contributed by atoms with E-state index in [1.54, 1.807) is 0 Å². The van der Waals surface area contributed by atoms with Gasteiger partial charge in [0, 0.05) is 5.02 Å². The molecule has 2 aromatic carbocycles. The van der Waals surface area contributed by atoms with Crippen LogP contribution in [0.2, 0.25) is 5.02 Å². The topological polar surface area (TPSA) is 46.8 Å². The van der Waals surface area contributed by atoms with Gasteiger partial charge >= 0.3 is 0 Å². The van der Waals surface area contributed by atoms with Crippen LogP contribution in [0.15, 0.2) is 54.6 Å². The number of piperidine rings is 1. The van der Waals surface area contributed by atoms with Crippen LogP contribution in [0.5, 0.6) is 0 Å². The minimum atomic E-state index is 0.0356. The van der Waals surface area contributed by atoms with E-state index in [2.05, 4.69) is 51.6 Å². The Balaban J connectivity index is 1.69. The molecule has 3 aromatic rings. The van der Waals surface area contributed by atoms with Gasteiger partial charge in [0.2, 0.25) is 0 Å². The monoisotopic (exact) mass is 381 g/mol. The smallest absolute Gasteiger partial charge is 0.173 e. The van der Waals surface area contributed by atoms with E-state index in [0.29, 0.717) is 6.54 Å². The highest BCUT2D eigenvalue weighted by Crippen LogP contribution is 2.31. The Morgan fingerprint density at radius 3 is 2.44 bits per heavy atom. The molecule has 2 heterocycles. The quantitative estimate of drug-likeness (QED) is 0.664. The fourth-order valence-electron chi connectivity index (χ4n) is 3.73. The summed E-state index contributed by atoms with van der Waals surface area (Å²) in [5.74, 6) is 1.66. The molecule has 27 heavy (non-hydrogen) atoms. The van der Waals surface area contributed by atoms with Gasteiger partial charge in [0.15, 0.2) is 5.82 Å². The molecule has 0 saturated carbocycles. The van der Waals surface area contributed by atoms with Crippen molar-refractivity contribution < 1.29 is 0 Å². The summed E-state index contributed by atoms with van der Waals surface area (Å²) in [6.07, 6.45) is 2.40. The number of tetrazole rings is 1. The molecule has 1 saturated heterocycles. The Morgan fingerprint density at radius 2 is 1.74 bits per heavy atom. The second-order valence-corrected chi connectivity index (χ2v) is 7.79. The number of hydrogen-bond acceptors (Lipinski definition) is 4. The molecule has 0 aliphatic carbocycles. The molecule has 6 heteroatoms. The van der Waals surface area contributed by atoms with Crippen LogP contribution < -0.4 is 0 Å². The van der Waals surface area contributed by atoms with E-state index in [0.717, 1.165) is 29.9 Å². The van der Waals surface area contributed by atoms with Crippen LogP contribution in [0.3, 0.4) is 0 Å². The normalized spacial score (nSPS) is 17.1. The lowest BCUT2D eigenvalue weighted by Gasteiger charge is -2.36. The van der Waals surface area contributed by atoms with Gasteiger partial charge in [-0.05, 0) is 65.5 Å². The van der Waals surface area contributed by atoms with Crippen molar-refractivity contribution in [1.29, 1.82) is 0 Å². The molecule has 0 bridgehead atoms. The highest BCUT2D eigenvalue weighted by atomic mass is 35.5. The lowest BCUT2D eigenvalue weighted by atomic mass is 9.95. The van der Waals surface area contributed by atoms with Gasteiger partial charge in [-0.1, -0.05) is 61.0 Å². The van der Waals surface area contributed by atoms with Crippen molar-refractivity contribution >= 4 is 11.6 Å². The van der Waals surface area contributed by atoms with Gasteiger partial charge in [-0.25, -0.2) is 4.68 Å². The number of rotatable bonds is 5. The van der Waals surface area contributed by atoms with Crippen LogP contribution in [0.25, 0.3) is 0 Å². The summed E-state index contributed by atoms with van der Waals surface area (Å²) in [5.41, 5.74) is 2.37. The second-order valence-electron chi connectivity index (χ2n) is 7.35. The standard InChI is InChI=1S/C21H24ClN5/c1-16-11-13-26(14-12-16)20(18-7-9-19(22)10-8-18)21-23-24-25-27(21)15-17-5-3-2-4-6-17/h2-10,16,20H,11-15H2,1H3/t20-/m0/s1. The molecule has 0 radical (unpaired) electrons. The van der Waals surface area contributed by atoms with Crippen molar-refractivity contribution in [2.24, 2.45) is 5.92 Å². The lowest BCUT2D eigenvalue weighted by molar-refractivity contribution is 0.150. The second kappa shape index (κ2) is 8.19. The molecule has 5 nitrogen and oxygen atoms in total. The van der Waals surface area contributed by atoms with Crippen LogP contribution in [0.4, 0.5) is 0 Å². The zero-order valence-electron chi connectivity index (χ0n) is 15.5. The largest absolute Gasteiger partial charge is 0.290 e. The van der Waals surface area contributed by atoms with E-state index in [1.807, 2.05) is 35.0 Å². The van der Waals surface area contributed by atoms with Crippen molar-refractivity contribution in [2.45, 2.75) is 32.4 Å². The van der Waals surface area contributed by atoms with Crippen molar-refractivity contribution in [3.63, 3.8) is 0 Å². The van der Waals surface area contributed by atoms with Gasteiger partial charge in [0.1, 0.15) is 0 Å². The van der Waals surface area contributed by atoms with Crippen molar-refractivity contribution in [3.8, 4) is 0 Å². The summed E-state index contributed by atoms with van der Waals surface area (Å²) in [5, 5.41) is 13.5. The first-order valence-corrected chi connectivity index (χ1v) is 9.88. The number of nitrogens with zero attached hydrogens (tertiary/aromatic N) is 5. The average molecular weight is 382 g/mol. The molecule has 0 amide bonds. The predicted molar refractivity (Wildman–Crippen MR) is 107 cm³/mol. The van der Waals surface area contributed by atoms with Gasteiger partial charge in [0.25, 0.3) is 0 Å². The number of hydrogen-bond donors (Lipinski definition) is 0. The molecule has 1 aliphatic heterocycles. The van der Waals surface area contributed by atoms with Gasteiger partial charge in [-0.15, -0.1) is 5.10 Å². The summed E-state index contributed by atoms with van der Waals surface area (Å²) in [6.45, 7) is 5.09. The Bertz CT molecular complexity index is 854. The Hall–Kier alpha value is -2.24. The molecule has 1 fully saturated rings. The minimum absolute atomic E-state index is 0.0356. The molecule has 1 aromatic heterocycles. The molecular weight excluding hydrogens is 358 g/mol. The SMILES string of the molecule is CC1CCN([C@@H](c2ccc(Cl)cc2)c2nnnn2Cc2ccccc2)CC1. The van der Waals surface area contributed by atoms with Gasteiger partial charge < -0.3 is 0 Å². The Labute approximate surface area is 165 Å². The Morgan fingerprint density at radius 1 is 1.04 bits per heavy atom. The first-order valence-electron chi connectivity index (χ1n) is 9.50. The maximum Gasteiger partial charge on any atom is 0.173 e. The van der Waals surface area contributed by atoms with Gasteiger partial charge in [-0.3, -0.25) is 4.90 Å². The molecule has 0 N–H and O–H groups in total. The molecule has 1 atom stereocenters. The van der Waals surface area contributed by atoms with Crippen molar-refractivity contribution in [1.82, 2.24) is 25.1 Å². The van der Waals surface area contributed by atoms with Crippen LogP contribution in [-0.2, 0) is 6.54 Å². The third kappa shape index (κ3) is 4.20. The van der Waals surface area contributed by atoms with Gasteiger partial charge in [-0.2, -0.15) is 0 Å². The van der Waals surface area contributed by atoms with Crippen LogP contribution in [-0.4, -0.2) is 38.2 Å². The third-order valence-corrected chi connectivity index (χ3v) is 5.60. The maximum atomic E-state index is 6.13. The predicted octanol–water partition coefficient (Wildman–Crippen LogP) is 4.20. The first kappa shape index (κ1) is 18.1. The average Bonchev–Trinajstić information content (AvgIpc) is 3.13. The van der Waals surface area contributed by atoms with E-state index >= 15 is 0 Å². The molecule has 140 valence electrons. The van der Waals surface area contributed by atoms with Crippen LogP contribution in [0.1, 0.15) is 42.8 Å². The van der Waals surface area contributed by atoms with E-state index in [1.165, 1.54) is 24.0 Å². The van der Waals surface area contributed by atoms with E-state index < -0.39 is 0 Å². The molecule has 0 spiro atoms. The third-order valence-electron chi connectivity index (χ3n) is 5.35. The van der Waals surface area contributed by atoms with E-state index in [4.69, 9.17) is 11.6 Å². The molecule has 4 rings (SSSR count). The number of benzene rings is 2. The van der Waals surface area contributed by atoms with Crippen molar-refractivity contribution in [3.05, 3.63) is 76.6 Å². The van der Waals surface area contributed by atoms with Crippen molar-refractivity contribution in [2.75, 3.05) is 13.1 Å². The first-order chi connectivity index (χ1) is 13.2. The summed E-state index contributed by atoms with van der Waals surface area (Å²) in [7, 11) is 0. The highest BCUT2D eigenvalue weighted by molar-refractivity contribution is 6.30. The molecular formula is C21H24ClN5. The van der Waals surface area contributed by atoms with Crippen LogP contribution in [0, 0.1) is 5.92 Å². The van der Waals surface area contributed by atoms with E-state index in [9.17, 15) is 0 Å². The molecule has 1 aliphatic rings. The lowest BCUT2D eigenvalue weighted by Crippen LogP contribution is -2.38. The zero-order valence-corrected chi connectivity index (χ0v) is 16.3. The summed E-state index contributed by atoms with van der Waals surface area (Å²) < 4.78 is 1.92. The Kier molecular flexibility index (Phi) is 5.50. The zero-order chi connectivity index (χ0) is 18.6. The molecule has 0 unspecified atom stereocenters. The van der Waals surface area contributed by atoms with Crippen LogP contribution >= 0.6 is 11.6 Å². The highest BCUT2D eigenvalue weighted by Gasteiger charge is 2.30. The maximum absolute atomic E-state index is 6.13.